The van der Waals surface area contributed by atoms with Crippen molar-refractivity contribution in [2.24, 2.45) is 0 Å². The van der Waals surface area contributed by atoms with Gasteiger partial charge in [-0.05, 0) is 35.9 Å². The van der Waals surface area contributed by atoms with Crippen molar-refractivity contribution in [3.05, 3.63) is 36.0 Å². The minimum Gasteiger partial charge on any atom is -0.361 e. The molecule has 17 heavy (non-hydrogen) atoms. The number of nitrogens with one attached hydrogen (secondary N) is 2. The zero-order valence-corrected chi connectivity index (χ0v) is 10.1. The van der Waals surface area contributed by atoms with Crippen molar-refractivity contribution in [3.8, 4) is 0 Å². The van der Waals surface area contributed by atoms with Crippen molar-refractivity contribution in [1.82, 2.24) is 15.4 Å². The fraction of sp³-hybridized carbons (Fsp3) is 0.429. The van der Waals surface area contributed by atoms with E-state index in [1.165, 1.54) is 48.8 Å². The average Bonchev–Trinajstić information content (AvgIpc) is 2.85. The lowest BCUT2D eigenvalue weighted by Gasteiger charge is -2.27. The number of fused-ring (bicyclic) bond motifs is 1. The number of hydrogen-bond donors (Lipinski definition) is 2. The maximum atomic E-state index is 3.51. The lowest BCUT2D eigenvalue weighted by Crippen LogP contribution is -2.41. The second kappa shape index (κ2) is 4.90. The van der Waals surface area contributed by atoms with E-state index in [0.717, 1.165) is 6.54 Å². The fourth-order valence-corrected chi connectivity index (χ4v) is 2.46. The average molecular weight is 229 g/mol. The third-order valence-corrected chi connectivity index (χ3v) is 3.48. The van der Waals surface area contributed by atoms with E-state index in [1.54, 1.807) is 0 Å². The third kappa shape index (κ3) is 2.51. The molecule has 0 bridgehead atoms. The normalized spacial score (nSPS) is 17.6. The highest BCUT2D eigenvalue weighted by molar-refractivity contribution is 5.79. The molecule has 1 aliphatic heterocycles. The van der Waals surface area contributed by atoms with Crippen LogP contribution in [0, 0.1) is 0 Å². The summed E-state index contributed by atoms with van der Waals surface area (Å²) in [6.45, 7) is 3.30. The Morgan fingerprint density at radius 3 is 2.88 bits per heavy atom. The van der Waals surface area contributed by atoms with Gasteiger partial charge in [0.05, 0.1) is 0 Å². The van der Waals surface area contributed by atoms with Gasteiger partial charge in [-0.25, -0.2) is 5.01 Å². The number of piperidine rings is 1. The van der Waals surface area contributed by atoms with Gasteiger partial charge in [0.1, 0.15) is 0 Å². The van der Waals surface area contributed by atoms with E-state index < -0.39 is 0 Å². The Bertz CT molecular complexity index is 483. The molecule has 1 aromatic heterocycles. The Morgan fingerprint density at radius 1 is 1.12 bits per heavy atom. The number of rotatable bonds is 3. The molecule has 2 N–H and O–H groups in total. The number of aromatic amines is 1. The van der Waals surface area contributed by atoms with Crippen LogP contribution in [0.5, 0.6) is 0 Å². The van der Waals surface area contributed by atoms with Crippen LogP contribution in [0.2, 0.25) is 0 Å². The van der Waals surface area contributed by atoms with Crippen LogP contribution in [-0.4, -0.2) is 23.1 Å². The van der Waals surface area contributed by atoms with E-state index in [-0.39, 0.29) is 0 Å². The number of aromatic nitrogens is 1. The Morgan fingerprint density at radius 2 is 2.00 bits per heavy atom. The Balaban J connectivity index is 1.63. The highest BCUT2D eigenvalue weighted by Crippen LogP contribution is 2.14. The van der Waals surface area contributed by atoms with Gasteiger partial charge in [-0.3, -0.25) is 5.43 Å². The summed E-state index contributed by atoms with van der Waals surface area (Å²) in [7, 11) is 0. The molecule has 0 unspecified atom stereocenters. The summed E-state index contributed by atoms with van der Waals surface area (Å²) in [5.41, 5.74) is 6.08. The first kappa shape index (κ1) is 10.8. The molecule has 1 fully saturated rings. The summed E-state index contributed by atoms with van der Waals surface area (Å²) < 4.78 is 0. The minimum atomic E-state index is 0.926. The van der Waals surface area contributed by atoms with Gasteiger partial charge >= 0.3 is 0 Å². The van der Waals surface area contributed by atoms with Gasteiger partial charge in [0.2, 0.25) is 0 Å². The molecular formula is C14H19N3. The third-order valence-electron chi connectivity index (χ3n) is 3.48. The van der Waals surface area contributed by atoms with Crippen molar-refractivity contribution >= 4 is 10.9 Å². The SMILES string of the molecule is c1cc2ccc(CNN3CCCCC3)cc2[nH]1. The molecule has 0 aliphatic carbocycles. The van der Waals surface area contributed by atoms with E-state index in [9.17, 15) is 0 Å². The van der Waals surface area contributed by atoms with Crippen molar-refractivity contribution in [1.29, 1.82) is 0 Å². The first-order valence-corrected chi connectivity index (χ1v) is 6.46. The van der Waals surface area contributed by atoms with E-state index >= 15 is 0 Å². The second-order valence-corrected chi connectivity index (χ2v) is 4.78. The van der Waals surface area contributed by atoms with Crippen molar-refractivity contribution in [3.63, 3.8) is 0 Å². The highest BCUT2D eigenvalue weighted by Gasteiger charge is 2.08. The van der Waals surface area contributed by atoms with E-state index in [1.807, 2.05) is 6.20 Å². The van der Waals surface area contributed by atoms with Crippen LogP contribution in [0.25, 0.3) is 10.9 Å². The van der Waals surface area contributed by atoms with E-state index in [2.05, 4.69) is 39.7 Å². The van der Waals surface area contributed by atoms with Crippen LogP contribution in [0.15, 0.2) is 30.5 Å². The molecule has 2 heterocycles. The predicted molar refractivity (Wildman–Crippen MR) is 70.6 cm³/mol. The van der Waals surface area contributed by atoms with E-state index in [4.69, 9.17) is 0 Å². The van der Waals surface area contributed by atoms with Gasteiger partial charge < -0.3 is 4.98 Å². The number of nitrogens with zero attached hydrogens (tertiary/aromatic N) is 1. The first-order valence-electron chi connectivity index (χ1n) is 6.46. The minimum absolute atomic E-state index is 0.926. The molecule has 3 heteroatoms. The summed E-state index contributed by atoms with van der Waals surface area (Å²) in [6.07, 6.45) is 6.02. The second-order valence-electron chi connectivity index (χ2n) is 4.78. The number of hydrogen-bond acceptors (Lipinski definition) is 2. The standard InChI is InChI=1S/C14H19N3/c1-2-8-17(9-3-1)16-11-12-4-5-13-6-7-15-14(13)10-12/h4-7,10,15-16H,1-3,8-9,11H2. The van der Waals surface area contributed by atoms with Crippen LogP contribution in [0.1, 0.15) is 24.8 Å². The molecule has 3 nitrogen and oxygen atoms in total. The van der Waals surface area contributed by atoms with Crippen LogP contribution in [0.3, 0.4) is 0 Å². The van der Waals surface area contributed by atoms with Gasteiger partial charge in [-0.15, -0.1) is 0 Å². The monoisotopic (exact) mass is 229 g/mol. The van der Waals surface area contributed by atoms with Crippen LogP contribution in [0.4, 0.5) is 0 Å². The lowest BCUT2D eigenvalue weighted by atomic mass is 10.1. The molecule has 0 saturated carbocycles. The van der Waals surface area contributed by atoms with Gasteiger partial charge in [0.25, 0.3) is 0 Å². The predicted octanol–water partition coefficient (Wildman–Crippen LogP) is 2.66. The largest absolute Gasteiger partial charge is 0.361 e. The van der Waals surface area contributed by atoms with Gasteiger partial charge in [0, 0.05) is 31.3 Å². The molecular weight excluding hydrogens is 210 g/mol. The molecule has 0 spiro atoms. The Hall–Kier alpha value is -1.32. The first-order chi connectivity index (χ1) is 8.42. The molecule has 1 aromatic carbocycles. The summed E-state index contributed by atoms with van der Waals surface area (Å²) in [5, 5.41) is 3.63. The molecule has 1 saturated heterocycles. The van der Waals surface area contributed by atoms with Gasteiger partial charge in [-0.1, -0.05) is 18.6 Å². The topological polar surface area (TPSA) is 31.1 Å². The van der Waals surface area contributed by atoms with Crippen LogP contribution in [-0.2, 0) is 6.54 Å². The molecule has 1 aliphatic rings. The van der Waals surface area contributed by atoms with Crippen molar-refractivity contribution in [2.45, 2.75) is 25.8 Å². The Labute approximate surface area is 102 Å². The molecule has 2 aromatic rings. The van der Waals surface area contributed by atoms with Gasteiger partial charge in [0.15, 0.2) is 0 Å². The van der Waals surface area contributed by atoms with E-state index in [0.29, 0.717) is 0 Å². The zero-order chi connectivity index (χ0) is 11.5. The van der Waals surface area contributed by atoms with Crippen molar-refractivity contribution < 1.29 is 0 Å². The smallest absolute Gasteiger partial charge is 0.0457 e. The summed E-state index contributed by atoms with van der Waals surface area (Å²) in [6, 6.07) is 8.72. The molecule has 0 atom stereocenters. The Kier molecular flexibility index (Phi) is 3.12. The van der Waals surface area contributed by atoms with Gasteiger partial charge in [-0.2, -0.15) is 0 Å². The summed E-state index contributed by atoms with van der Waals surface area (Å²) in [4.78, 5) is 3.26. The molecule has 0 radical (unpaired) electrons. The maximum Gasteiger partial charge on any atom is 0.0457 e. The summed E-state index contributed by atoms with van der Waals surface area (Å²) >= 11 is 0. The molecule has 90 valence electrons. The van der Waals surface area contributed by atoms with Crippen LogP contribution >= 0.6 is 0 Å². The molecule has 3 rings (SSSR count). The maximum absolute atomic E-state index is 3.51. The fourth-order valence-electron chi connectivity index (χ4n) is 2.46. The molecule has 0 amide bonds. The summed E-state index contributed by atoms with van der Waals surface area (Å²) in [5.74, 6) is 0. The number of benzene rings is 1. The number of H-pyrrole nitrogens is 1. The lowest BCUT2D eigenvalue weighted by molar-refractivity contribution is 0.151. The van der Waals surface area contributed by atoms with Crippen LogP contribution < -0.4 is 5.43 Å². The quantitative estimate of drug-likeness (QED) is 0.847. The number of hydrazine groups is 1. The highest BCUT2D eigenvalue weighted by atomic mass is 15.5. The van der Waals surface area contributed by atoms with Crippen molar-refractivity contribution in [2.75, 3.05) is 13.1 Å². The zero-order valence-electron chi connectivity index (χ0n) is 10.1.